The highest BCUT2D eigenvalue weighted by Gasteiger charge is 2.76. The van der Waals surface area contributed by atoms with E-state index in [0.717, 1.165) is 22.4 Å². The van der Waals surface area contributed by atoms with Gasteiger partial charge in [-0.1, -0.05) is 84.4 Å². The Labute approximate surface area is 286 Å². The van der Waals surface area contributed by atoms with Crippen molar-refractivity contribution in [3.8, 4) is 0 Å². The topological polar surface area (TPSA) is 81.2 Å². The largest absolute Gasteiger partial charge is 0.394 e. The van der Waals surface area contributed by atoms with Crippen molar-refractivity contribution in [2.45, 2.75) is 74.0 Å². The number of nitrogens with zero attached hydrogens (tertiary/aromatic N) is 3. The van der Waals surface area contributed by atoms with Crippen molar-refractivity contribution in [1.82, 2.24) is 9.80 Å². The lowest BCUT2D eigenvalue weighted by atomic mass is 9.70. The molecule has 3 aliphatic rings. The molecule has 0 saturated carbocycles. The van der Waals surface area contributed by atoms with Gasteiger partial charge in [-0.15, -0.1) is 24.9 Å². The molecule has 1 spiro atoms. The zero-order valence-corrected chi connectivity index (χ0v) is 29.7. The van der Waals surface area contributed by atoms with Crippen molar-refractivity contribution >= 4 is 51.1 Å². The molecule has 3 aliphatic heterocycles. The summed E-state index contributed by atoms with van der Waals surface area (Å²) in [5.41, 5.74) is 3.75. The number of carbonyl (C=O) groups is 3. The number of aliphatic hydroxyl groups is 1. The first kappa shape index (κ1) is 34.5. The molecule has 2 aromatic rings. The minimum atomic E-state index is -0.851. The number of fused-ring (bicyclic) bond motifs is 1. The zero-order chi connectivity index (χ0) is 33.3. The minimum Gasteiger partial charge on any atom is -0.394 e. The SMILES string of the molecule is C=CCN(Cc1ccccc1)C(=O)[C@H]1[C@@H]2SC3(CC2Br)C(C(=O)N(CC=C)c2cc(C)ccc2C)N([C@@H](CO)CC(C)C)C(=O)[C@H]13. The summed E-state index contributed by atoms with van der Waals surface area (Å²) >= 11 is 5.53. The van der Waals surface area contributed by atoms with E-state index in [4.69, 9.17) is 0 Å². The maximum absolute atomic E-state index is 15.1. The number of likely N-dealkylation sites (tertiary alicyclic amines) is 1. The molecule has 1 N–H and O–H groups in total. The molecule has 0 radical (unpaired) electrons. The van der Waals surface area contributed by atoms with E-state index in [2.05, 4.69) is 42.9 Å². The van der Waals surface area contributed by atoms with Gasteiger partial charge < -0.3 is 19.8 Å². The van der Waals surface area contributed by atoms with Crippen molar-refractivity contribution in [3.05, 3.63) is 90.5 Å². The Hall–Kier alpha value is -2.88. The van der Waals surface area contributed by atoms with Crippen LogP contribution in [0.25, 0.3) is 0 Å². The van der Waals surface area contributed by atoms with Crippen LogP contribution in [-0.4, -0.2) is 79.2 Å². The van der Waals surface area contributed by atoms with E-state index < -0.39 is 28.7 Å². The van der Waals surface area contributed by atoms with Crippen LogP contribution in [-0.2, 0) is 20.9 Å². The molecular weight excluding hydrogens is 662 g/mol. The highest BCUT2D eigenvalue weighted by molar-refractivity contribution is 9.09. The monoisotopic (exact) mass is 707 g/mol. The summed E-state index contributed by atoms with van der Waals surface area (Å²) in [6.07, 6.45) is 4.55. The van der Waals surface area contributed by atoms with Crippen molar-refractivity contribution in [1.29, 1.82) is 0 Å². The second-order valence-corrected chi connectivity index (χ2v) is 16.1. The summed E-state index contributed by atoms with van der Waals surface area (Å²) in [4.78, 5) is 49.7. The van der Waals surface area contributed by atoms with Gasteiger partial charge in [-0.3, -0.25) is 14.4 Å². The average molecular weight is 709 g/mol. The molecule has 7 nitrogen and oxygen atoms in total. The standard InChI is InChI=1S/C37H46BrN3O4S/c1-7-16-39(21-26-12-10-9-11-13-26)34(43)30-31-35(44)41(27(22-42)18-23(3)4)33(37(31)20-28(38)32(30)46-37)36(45)40(17-8-2)29-19-24(5)14-15-25(29)6/h7-15,19,23,27-28,30-33,42H,1-2,16-18,20-22H2,3-6H3/t27-,28?,30-,31+,32-,33?,37?/m1/s1. The fourth-order valence-corrected chi connectivity index (χ4v) is 11.4. The molecule has 3 fully saturated rings. The first-order valence-electron chi connectivity index (χ1n) is 16.2. The van der Waals surface area contributed by atoms with Gasteiger partial charge in [-0.05, 0) is 55.4 Å². The molecule has 9 heteroatoms. The van der Waals surface area contributed by atoms with Gasteiger partial charge in [0, 0.05) is 35.4 Å². The number of alkyl halides is 1. The molecule has 2 bridgehead atoms. The molecule has 2 aromatic carbocycles. The normalized spacial score (nSPS) is 27.1. The molecule has 46 heavy (non-hydrogen) atoms. The van der Waals surface area contributed by atoms with Crippen molar-refractivity contribution in [2.75, 3.05) is 24.6 Å². The number of aliphatic hydroxyl groups excluding tert-OH is 1. The number of aryl methyl sites for hydroxylation is 2. The summed E-state index contributed by atoms with van der Waals surface area (Å²) in [7, 11) is 0. The maximum atomic E-state index is 15.1. The van der Waals surface area contributed by atoms with Crippen LogP contribution in [0.5, 0.6) is 0 Å². The second kappa shape index (κ2) is 14.1. The van der Waals surface area contributed by atoms with E-state index in [0.29, 0.717) is 25.9 Å². The van der Waals surface area contributed by atoms with Crippen LogP contribution in [0.3, 0.4) is 0 Å². The minimum absolute atomic E-state index is 0.0562. The van der Waals surface area contributed by atoms with Crippen molar-refractivity contribution in [3.63, 3.8) is 0 Å². The van der Waals surface area contributed by atoms with E-state index in [1.807, 2.05) is 62.4 Å². The zero-order valence-electron chi connectivity index (χ0n) is 27.3. The Bertz CT molecular complexity index is 1480. The van der Waals surface area contributed by atoms with Gasteiger partial charge >= 0.3 is 0 Å². The van der Waals surface area contributed by atoms with Gasteiger partial charge in [0.2, 0.25) is 11.8 Å². The van der Waals surface area contributed by atoms with Crippen LogP contribution < -0.4 is 4.90 Å². The van der Waals surface area contributed by atoms with Gasteiger partial charge in [-0.25, -0.2) is 0 Å². The Kier molecular flexibility index (Phi) is 10.5. The van der Waals surface area contributed by atoms with E-state index in [1.165, 1.54) is 0 Å². The number of amides is 3. The first-order chi connectivity index (χ1) is 22.0. The number of halogens is 1. The lowest BCUT2D eigenvalue weighted by molar-refractivity contribution is -0.145. The average Bonchev–Trinajstić information content (AvgIpc) is 3.62. The van der Waals surface area contributed by atoms with E-state index >= 15 is 4.79 Å². The third kappa shape index (κ3) is 6.11. The van der Waals surface area contributed by atoms with Crippen LogP contribution >= 0.6 is 27.7 Å². The lowest BCUT2D eigenvalue weighted by Gasteiger charge is -2.40. The Balaban J connectivity index is 1.62. The predicted molar refractivity (Wildman–Crippen MR) is 190 cm³/mol. The van der Waals surface area contributed by atoms with Crippen LogP contribution in [0.4, 0.5) is 5.69 Å². The molecule has 3 amide bonds. The van der Waals surface area contributed by atoms with Gasteiger partial charge in [0.1, 0.15) is 6.04 Å². The second-order valence-electron chi connectivity index (χ2n) is 13.4. The maximum Gasteiger partial charge on any atom is 0.251 e. The van der Waals surface area contributed by atoms with Crippen molar-refractivity contribution in [2.24, 2.45) is 17.8 Å². The summed E-state index contributed by atoms with van der Waals surface area (Å²) < 4.78 is -0.832. The van der Waals surface area contributed by atoms with Crippen LogP contribution in [0, 0.1) is 31.6 Å². The number of rotatable bonds is 13. The predicted octanol–water partition coefficient (Wildman–Crippen LogP) is 5.91. The Morgan fingerprint density at radius 2 is 1.80 bits per heavy atom. The number of hydrogen-bond donors (Lipinski definition) is 1. The molecule has 246 valence electrons. The fourth-order valence-electron chi connectivity index (χ4n) is 7.84. The van der Waals surface area contributed by atoms with Crippen LogP contribution in [0.2, 0.25) is 0 Å². The highest BCUT2D eigenvalue weighted by Crippen LogP contribution is 2.68. The Morgan fingerprint density at radius 3 is 2.43 bits per heavy atom. The number of anilines is 1. The quantitative estimate of drug-likeness (QED) is 0.207. The lowest BCUT2D eigenvalue weighted by Crippen LogP contribution is -2.58. The number of hydrogen-bond acceptors (Lipinski definition) is 5. The summed E-state index contributed by atoms with van der Waals surface area (Å²) in [5, 5.41) is 10.6. The summed E-state index contributed by atoms with van der Waals surface area (Å²) in [6, 6.07) is 14.4. The van der Waals surface area contributed by atoms with E-state index in [9.17, 15) is 14.7 Å². The molecular formula is C37H46BrN3O4S. The Morgan fingerprint density at radius 1 is 1.11 bits per heavy atom. The smallest absolute Gasteiger partial charge is 0.251 e. The van der Waals surface area contributed by atoms with Gasteiger partial charge in [-0.2, -0.15) is 0 Å². The van der Waals surface area contributed by atoms with Crippen LogP contribution in [0.15, 0.2) is 73.8 Å². The van der Waals surface area contributed by atoms with E-state index in [1.54, 1.807) is 38.6 Å². The molecule has 7 atom stereocenters. The molecule has 5 rings (SSSR count). The van der Waals surface area contributed by atoms with Crippen molar-refractivity contribution < 1.29 is 19.5 Å². The summed E-state index contributed by atoms with van der Waals surface area (Å²) in [6.45, 7) is 16.7. The highest BCUT2D eigenvalue weighted by atomic mass is 79.9. The molecule has 0 aliphatic carbocycles. The van der Waals surface area contributed by atoms with Gasteiger partial charge in [0.15, 0.2) is 0 Å². The third-order valence-electron chi connectivity index (χ3n) is 9.70. The van der Waals surface area contributed by atoms with Crippen LogP contribution in [0.1, 0.15) is 43.4 Å². The van der Waals surface area contributed by atoms with Gasteiger partial charge in [0.25, 0.3) is 5.91 Å². The molecule has 3 saturated heterocycles. The molecule has 3 heterocycles. The first-order valence-corrected chi connectivity index (χ1v) is 18.0. The third-order valence-corrected chi connectivity index (χ3v) is 12.9. The molecule has 3 unspecified atom stereocenters. The molecule has 0 aromatic heterocycles. The number of carbonyl (C=O) groups excluding carboxylic acids is 3. The fraction of sp³-hybridized carbons (Fsp3) is 0.486. The number of benzene rings is 2. The van der Waals surface area contributed by atoms with Gasteiger partial charge in [0.05, 0.1) is 29.2 Å². The summed E-state index contributed by atoms with van der Waals surface area (Å²) in [5.74, 6) is -1.62. The van der Waals surface area contributed by atoms with E-state index in [-0.39, 0.29) is 46.9 Å². The number of thioether (sulfide) groups is 1.